The number of likely N-dealkylation sites (tertiary alicyclic amines) is 1. The number of aromatic nitrogens is 1. The van der Waals surface area contributed by atoms with E-state index in [0.29, 0.717) is 35.2 Å². The molecule has 72 heavy (non-hydrogen) atoms. The minimum atomic E-state index is -4.71. The van der Waals surface area contributed by atoms with Crippen LogP contribution >= 0.6 is 11.6 Å². The molecular formula is C54H54ClF4N7O6. The Balaban J connectivity index is 0.886. The largest absolute Gasteiger partial charge is 0.495 e. The van der Waals surface area contributed by atoms with Crippen molar-refractivity contribution in [2.75, 3.05) is 30.8 Å². The van der Waals surface area contributed by atoms with E-state index in [2.05, 4.69) is 38.1 Å². The maximum absolute atomic E-state index is 16.4. The number of amides is 5. The van der Waals surface area contributed by atoms with Gasteiger partial charge >= 0.3 is 6.18 Å². The molecule has 0 bridgehead atoms. The lowest BCUT2D eigenvalue weighted by atomic mass is 9.63. The third kappa shape index (κ3) is 8.33. The first-order valence-electron chi connectivity index (χ1n) is 24.2. The Morgan fingerprint density at radius 2 is 1.83 bits per heavy atom. The molecule has 6 heterocycles. The number of rotatable bonds is 7. The molecule has 1 unspecified atom stereocenters. The summed E-state index contributed by atoms with van der Waals surface area (Å²) in [5, 5.41) is 11.8. The standard InChI is InChI=1S/C54H54ClF4N7O6/c1-28-52(23-31(52)15-13-29-9-6-10-32-34(29)26-66(50(32)71)39-17-18-43(67)64-47(39)68)19-8-20-65(28)49(70)30-14-16-37(40(21-30)72-5)62-48(69)46-44(33-11-7-12-36(55)45(33)56)53(42(63-46)24-51(2,3)4)27-61-38-22-41(54(57,58)59)60-25-35(38)53/h6-7,9-12,14,16,21-22,25,28,31,39,42,44,46,61,63H,8,17-20,23-24,26-27H2,1-5H3,(H,62,69)(H,64,67,68)/t28-,31+,39?,42-,44-,46+,52+,53-/m0/s1. The molecule has 10 rings (SSSR count). The highest BCUT2D eigenvalue weighted by Crippen LogP contribution is 2.61. The molecule has 4 fully saturated rings. The number of benzene rings is 3. The van der Waals surface area contributed by atoms with Crippen LogP contribution in [0.3, 0.4) is 0 Å². The van der Waals surface area contributed by atoms with E-state index in [1.807, 2.05) is 38.7 Å². The lowest BCUT2D eigenvalue weighted by molar-refractivity contribution is -0.141. The summed E-state index contributed by atoms with van der Waals surface area (Å²) in [5.41, 5.74) is 0.430. The summed E-state index contributed by atoms with van der Waals surface area (Å²) < 4.78 is 64.0. The highest BCUT2D eigenvalue weighted by molar-refractivity contribution is 6.30. The van der Waals surface area contributed by atoms with Gasteiger partial charge in [-0.15, -0.1) is 0 Å². The predicted molar refractivity (Wildman–Crippen MR) is 260 cm³/mol. The lowest BCUT2D eigenvalue weighted by Crippen LogP contribution is -2.52. The summed E-state index contributed by atoms with van der Waals surface area (Å²) >= 11 is 6.39. The van der Waals surface area contributed by atoms with Gasteiger partial charge in [0.05, 0.1) is 23.9 Å². The third-order valence-electron chi connectivity index (χ3n) is 16.0. The molecule has 1 saturated carbocycles. The van der Waals surface area contributed by atoms with E-state index in [9.17, 15) is 37.1 Å². The monoisotopic (exact) mass is 1010 g/mol. The Kier molecular flexibility index (Phi) is 12.2. The van der Waals surface area contributed by atoms with Gasteiger partial charge in [-0.25, -0.2) is 4.39 Å². The number of alkyl halides is 3. The molecule has 18 heteroatoms. The lowest BCUT2D eigenvalue weighted by Gasteiger charge is -2.40. The Bertz CT molecular complexity index is 3020. The van der Waals surface area contributed by atoms with E-state index < -0.39 is 59.0 Å². The first-order valence-corrected chi connectivity index (χ1v) is 24.6. The second-order valence-corrected chi connectivity index (χ2v) is 21.7. The molecule has 1 aliphatic carbocycles. The van der Waals surface area contributed by atoms with Gasteiger partial charge in [0, 0.05) is 94.9 Å². The molecule has 3 aromatic carbocycles. The van der Waals surface area contributed by atoms with Crippen molar-refractivity contribution in [3.05, 3.63) is 117 Å². The van der Waals surface area contributed by atoms with Gasteiger partial charge in [-0.05, 0) is 98.0 Å². The Labute approximate surface area is 419 Å². The molecule has 376 valence electrons. The van der Waals surface area contributed by atoms with Crippen molar-refractivity contribution >= 4 is 52.5 Å². The van der Waals surface area contributed by atoms with Gasteiger partial charge in [0.1, 0.15) is 23.3 Å². The summed E-state index contributed by atoms with van der Waals surface area (Å²) in [5.74, 6) is 3.39. The number of hydrogen-bond acceptors (Lipinski definition) is 9. The van der Waals surface area contributed by atoms with Crippen molar-refractivity contribution in [3.8, 4) is 17.6 Å². The van der Waals surface area contributed by atoms with Crippen LogP contribution in [0.25, 0.3) is 0 Å². The number of nitrogens with one attached hydrogen (secondary N) is 4. The third-order valence-corrected chi connectivity index (χ3v) is 16.3. The van der Waals surface area contributed by atoms with Crippen LogP contribution in [0.4, 0.5) is 28.9 Å². The molecule has 5 aliphatic heterocycles. The van der Waals surface area contributed by atoms with Gasteiger partial charge in [-0.1, -0.05) is 62.4 Å². The normalized spacial score (nSPS) is 27.5. The van der Waals surface area contributed by atoms with Crippen LogP contribution in [0, 0.1) is 34.4 Å². The molecule has 8 atom stereocenters. The van der Waals surface area contributed by atoms with Crippen LogP contribution in [0.1, 0.15) is 121 Å². The molecule has 3 saturated heterocycles. The molecule has 4 N–H and O–H groups in total. The average Bonchev–Trinajstić information content (AvgIpc) is 3.54. The Morgan fingerprint density at radius 1 is 1.06 bits per heavy atom. The van der Waals surface area contributed by atoms with Crippen molar-refractivity contribution in [1.82, 2.24) is 25.4 Å². The number of piperidine rings is 2. The van der Waals surface area contributed by atoms with Crippen LogP contribution in [0.5, 0.6) is 5.75 Å². The fourth-order valence-corrected chi connectivity index (χ4v) is 12.5. The predicted octanol–water partition coefficient (Wildman–Crippen LogP) is 8.21. The highest BCUT2D eigenvalue weighted by atomic mass is 35.5. The summed E-state index contributed by atoms with van der Waals surface area (Å²) in [6.45, 7) is 8.89. The number of pyridine rings is 1. The van der Waals surface area contributed by atoms with Gasteiger partial charge in [0.25, 0.3) is 11.8 Å². The maximum atomic E-state index is 16.4. The van der Waals surface area contributed by atoms with Crippen LogP contribution in [0.2, 0.25) is 5.02 Å². The van der Waals surface area contributed by atoms with E-state index in [1.54, 1.807) is 42.5 Å². The smallest absolute Gasteiger partial charge is 0.433 e. The van der Waals surface area contributed by atoms with Crippen LogP contribution < -0.4 is 26.0 Å². The van der Waals surface area contributed by atoms with E-state index in [-0.39, 0.29) is 94.2 Å². The molecule has 2 spiro atoms. The molecule has 0 radical (unpaired) electrons. The molecule has 1 aromatic heterocycles. The van der Waals surface area contributed by atoms with E-state index in [1.165, 1.54) is 24.3 Å². The number of hydrogen-bond donors (Lipinski definition) is 4. The second kappa shape index (κ2) is 17.9. The number of nitrogens with zero attached hydrogens (tertiary/aromatic N) is 3. The number of carbonyl (C=O) groups is 5. The SMILES string of the molecule is COc1cc(C(=O)N2CCC[C@@]3(C[C@H]3C#Cc3cccc4c3CN(C3CCC(=O)NC3=O)C4=O)[C@@H]2C)ccc1NC(=O)[C@@H]1N[C@@H](CC(C)(C)C)[C@@]2(CNc3cc(C(F)(F)F)ncc32)[C@H]1c1cccc(Cl)c1F. The highest BCUT2D eigenvalue weighted by Gasteiger charge is 2.63. The minimum Gasteiger partial charge on any atom is -0.495 e. The number of methoxy groups -OCH3 is 1. The van der Waals surface area contributed by atoms with E-state index in [0.717, 1.165) is 30.9 Å². The Hall–Kier alpha value is -6.51. The number of imide groups is 1. The quantitative estimate of drug-likeness (QED) is 0.0813. The van der Waals surface area contributed by atoms with Crippen LogP contribution in [0.15, 0.2) is 66.9 Å². The molecule has 13 nitrogen and oxygen atoms in total. The van der Waals surface area contributed by atoms with E-state index >= 15 is 4.39 Å². The van der Waals surface area contributed by atoms with Crippen LogP contribution in [-0.4, -0.2) is 88.7 Å². The van der Waals surface area contributed by atoms with Crippen molar-refractivity contribution in [3.63, 3.8) is 0 Å². The molecule has 5 amide bonds. The average molecular weight is 1010 g/mol. The molecule has 6 aliphatic rings. The number of fused-ring (bicyclic) bond motifs is 3. The summed E-state index contributed by atoms with van der Waals surface area (Å²) in [6.07, 6.45) is -0.226. The number of anilines is 2. The Morgan fingerprint density at radius 3 is 2.57 bits per heavy atom. The van der Waals surface area contributed by atoms with E-state index in [4.69, 9.17) is 16.3 Å². The van der Waals surface area contributed by atoms with Gasteiger partial charge in [-0.3, -0.25) is 34.3 Å². The van der Waals surface area contributed by atoms with Crippen molar-refractivity contribution in [2.45, 2.75) is 114 Å². The molecular weight excluding hydrogens is 954 g/mol. The van der Waals surface area contributed by atoms with Crippen LogP contribution in [-0.2, 0) is 32.5 Å². The summed E-state index contributed by atoms with van der Waals surface area (Å²) in [6, 6.07) is 13.0. The van der Waals surface area contributed by atoms with Gasteiger partial charge < -0.3 is 30.5 Å². The first kappa shape index (κ1) is 49.1. The van der Waals surface area contributed by atoms with Crippen molar-refractivity contribution < 1.29 is 46.3 Å². The number of halogens is 5. The van der Waals surface area contributed by atoms with Crippen molar-refractivity contribution in [1.29, 1.82) is 0 Å². The van der Waals surface area contributed by atoms with Gasteiger partial charge in [-0.2, -0.15) is 13.2 Å². The van der Waals surface area contributed by atoms with Gasteiger partial charge in [0.2, 0.25) is 17.7 Å². The molecule has 4 aromatic rings. The number of carbonyl (C=O) groups excluding carboxylic acids is 5. The zero-order valence-corrected chi connectivity index (χ0v) is 41.1. The summed E-state index contributed by atoms with van der Waals surface area (Å²) in [4.78, 5) is 74.4. The fraction of sp³-hybridized carbons (Fsp3) is 0.444. The number of ether oxygens (including phenoxy) is 1. The zero-order chi connectivity index (χ0) is 51.2. The van der Waals surface area contributed by atoms with Crippen molar-refractivity contribution in [2.24, 2.45) is 16.7 Å². The second-order valence-electron chi connectivity index (χ2n) is 21.3. The topological polar surface area (TPSA) is 162 Å². The maximum Gasteiger partial charge on any atom is 0.433 e. The fourth-order valence-electron chi connectivity index (χ4n) is 12.3. The zero-order valence-electron chi connectivity index (χ0n) is 40.4. The summed E-state index contributed by atoms with van der Waals surface area (Å²) in [7, 11) is 1.42. The van der Waals surface area contributed by atoms with Gasteiger partial charge in [0.15, 0.2) is 0 Å². The first-order chi connectivity index (χ1) is 34.1. The minimum absolute atomic E-state index is 0.00733.